The second-order valence-electron chi connectivity index (χ2n) is 3.14. The molecule has 3 nitrogen and oxygen atoms in total. The van der Waals surface area contributed by atoms with Crippen molar-refractivity contribution >= 4 is 17.6 Å². The number of unbranched alkanes of at least 4 members (excludes halogenated alkanes) is 1. The van der Waals surface area contributed by atoms with E-state index < -0.39 is 0 Å². The van der Waals surface area contributed by atoms with Crippen molar-refractivity contribution < 1.29 is 0 Å². The van der Waals surface area contributed by atoms with E-state index in [-0.39, 0.29) is 0 Å². The first kappa shape index (κ1) is 12.0. The Kier molecular flexibility index (Phi) is 5.85. The topological polar surface area (TPSA) is 37.8 Å². The van der Waals surface area contributed by atoms with Gasteiger partial charge in [-0.3, -0.25) is 0 Å². The van der Waals surface area contributed by atoms with E-state index in [1.54, 1.807) is 11.8 Å². The second kappa shape index (κ2) is 7.29. The molecule has 1 aromatic heterocycles. The van der Waals surface area contributed by atoms with Crippen LogP contribution < -0.4 is 5.32 Å². The number of nitrogens with zero attached hydrogens (tertiary/aromatic N) is 2. The predicted octanol–water partition coefficient (Wildman–Crippen LogP) is 2.97. The van der Waals surface area contributed by atoms with Gasteiger partial charge in [-0.2, -0.15) is 0 Å². The number of hydrogen-bond acceptors (Lipinski definition) is 4. The molecule has 0 atom stereocenters. The van der Waals surface area contributed by atoms with E-state index in [4.69, 9.17) is 0 Å². The van der Waals surface area contributed by atoms with Crippen LogP contribution in [0.1, 0.15) is 19.8 Å². The highest BCUT2D eigenvalue weighted by Crippen LogP contribution is 2.14. The van der Waals surface area contributed by atoms with Gasteiger partial charge in [0.2, 0.25) is 0 Å². The van der Waals surface area contributed by atoms with Crippen molar-refractivity contribution in [3.8, 4) is 0 Å². The van der Waals surface area contributed by atoms with Gasteiger partial charge < -0.3 is 5.32 Å². The molecular formula is C11H17N3S. The lowest BCUT2D eigenvalue weighted by molar-refractivity contribution is 0.822. The van der Waals surface area contributed by atoms with Crippen LogP contribution in [-0.2, 0) is 0 Å². The summed E-state index contributed by atoms with van der Waals surface area (Å²) in [5.74, 6) is 1.73. The highest BCUT2D eigenvalue weighted by atomic mass is 32.2. The molecule has 0 aromatic carbocycles. The zero-order valence-corrected chi connectivity index (χ0v) is 9.89. The van der Waals surface area contributed by atoms with Gasteiger partial charge in [-0.05, 0) is 18.6 Å². The highest BCUT2D eigenvalue weighted by Gasteiger charge is 1.96. The van der Waals surface area contributed by atoms with Crippen molar-refractivity contribution in [1.29, 1.82) is 0 Å². The van der Waals surface area contributed by atoms with E-state index in [9.17, 15) is 0 Å². The number of rotatable bonds is 7. The van der Waals surface area contributed by atoms with Crippen molar-refractivity contribution in [3.05, 3.63) is 24.8 Å². The van der Waals surface area contributed by atoms with Gasteiger partial charge in [-0.15, -0.1) is 28.5 Å². The average molecular weight is 223 g/mol. The summed E-state index contributed by atoms with van der Waals surface area (Å²) in [4.78, 5) is 0. The Hall–Kier alpha value is -1.03. The van der Waals surface area contributed by atoms with Crippen LogP contribution in [-0.4, -0.2) is 22.5 Å². The Bertz CT molecular complexity index is 284. The monoisotopic (exact) mass is 223 g/mol. The molecule has 1 N–H and O–H groups in total. The van der Waals surface area contributed by atoms with Crippen molar-refractivity contribution in [2.45, 2.75) is 24.8 Å². The third-order valence-corrected chi connectivity index (χ3v) is 2.74. The van der Waals surface area contributed by atoms with Crippen LogP contribution in [0.5, 0.6) is 0 Å². The van der Waals surface area contributed by atoms with E-state index in [1.807, 2.05) is 18.2 Å². The lowest BCUT2D eigenvalue weighted by atomic mass is 10.3. The van der Waals surface area contributed by atoms with E-state index in [0.29, 0.717) is 0 Å². The lowest BCUT2D eigenvalue weighted by Crippen LogP contribution is -2.03. The first-order valence-electron chi connectivity index (χ1n) is 5.18. The van der Waals surface area contributed by atoms with Gasteiger partial charge in [0, 0.05) is 12.3 Å². The summed E-state index contributed by atoms with van der Waals surface area (Å²) in [5, 5.41) is 12.4. The van der Waals surface area contributed by atoms with E-state index in [0.717, 1.165) is 29.6 Å². The van der Waals surface area contributed by atoms with Crippen LogP contribution in [0.3, 0.4) is 0 Å². The Labute approximate surface area is 95.4 Å². The molecule has 1 rings (SSSR count). The maximum absolute atomic E-state index is 4.10. The number of anilines is 1. The minimum atomic E-state index is 0.853. The number of nitrogens with one attached hydrogen (secondary N) is 1. The summed E-state index contributed by atoms with van der Waals surface area (Å²) >= 11 is 1.64. The van der Waals surface area contributed by atoms with Crippen LogP contribution in [0, 0.1) is 0 Å². The summed E-state index contributed by atoms with van der Waals surface area (Å²) in [6, 6.07) is 3.95. The van der Waals surface area contributed by atoms with Gasteiger partial charge in [-0.25, -0.2) is 0 Å². The number of hydrogen-bond donors (Lipinski definition) is 1. The second-order valence-corrected chi connectivity index (χ2v) is 4.18. The first-order chi connectivity index (χ1) is 7.36. The molecule has 0 aliphatic carbocycles. The van der Waals surface area contributed by atoms with E-state index in [2.05, 4.69) is 29.0 Å². The van der Waals surface area contributed by atoms with Crippen molar-refractivity contribution in [2.75, 3.05) is 17.6 Å². The van der Waals surface area contributed by atoms with Gasteiger partial charge in [0.25, 0.3) is 0 Å². The molecule has 0 amide bonds. The summed E-state index contributed by atoms with van der Waals surface area (Å²) in [5.41, 5.74) is 0. The Morgan fingerprint density at radius 2 is 2.33 bits per heavy atom. The minimum absolute atomic E-state index is 0.853. The van der Waals surface area contributed by atoms with Gasteiger partial charge in [0.1, 0.15) is 10.8 Å². The zero-order chi connectivity index (χ0) is 10.9. The van der Waals surface area contributed by atoms with E-state index in [1.165, 1.54) is 6.42 Å². The van der Waals surface area contributed by atoms with Crippen LogP contribution in [0.2, 0.25) is 0 Å². The van der Waals surface area contributed by atoms with Gasteiger partial charge >= 0.3 is 0 Å². The zero-order valence-electron chi connectivity index (χ0n) is 9.07. The minimum Gasteiger partial charge on any atom is -0.369 e. The van der Waals surface area contributed by atoms with Crippen molar-refractivity contribution in [1.82, 2.24) is 10.2 Å². The molecule has 4 heteroatoms. The first-order valence-corrected chi connectivity index (χ1v) is 6.16. The summed E-state index contributed by atoms with van der Waals surface area (Å²) in [6.45, 7) is 6.79. The molecule has 0 spiro atoms. The molecule has 0 fully saturated rings. The molecular weight excluding hydrogens is 206 g/mol. The standard InChI is InChI=1S/C11H17N3S/c1-3-5-8-12-10-6-7-11(14-13-10)15-9-4-2/h4,6-7H,2-3,5,8-9H2,1H3,(H,12,13). The van der Waals surface area contributed by atoms with Crippen molar-refractivity contribution in [2.24, 2.45) is 0 Å². The lowest BCUT2D eigenvalue weighted by Gasteiger charge is -2.03. The van der Waals surface area contributed by atoms with Crippen molar-refractivity contribution in [3.63, 3.8) is 0 Å². The number of aromatic nitrogens is 2. The smallest absolute Gasteiger partial charge is 0.148 e. The predicted molar refractivity (Wildman–Crippen MR) is 66.4 cm³/mol. The fourth-order valence-electron chi connectivity index (χ4n) is 1.03. The molecule has 0 saturated heterocycles. The largest absolute Gasteiger partial charge is 0.369 e. The molecule has 0 radical (unpaired) electrons. The summed E-state index contributed by atoms with van der Waals surface area (Å²) in [7, 11) is 0. The molecule has 0 aliphatic rings. The molecule has 0 unspecified atom stereocenters. The van der Waals surface area contributed by atoms with Crippen LogP contribution in [0.4, 0.5) is 5.82 Å². The normalized spacial score (nSPS) is 9.93. The van der Waals surface area contributed by atoms with E-state index >= 15 is 0 Å². The molecule has 0 aliphatic heterocycles. The molecule has 0 saturated carbocycles. The third-order valence-electron chi connectivity index (χ3n) is 1.83. The van der Waals surface area contributed by atoms with Gasteiger partial charge in [0.05, 0.1) is 0 Å². The fraction of sp³-hybridized carbons (Fsp3) is 0.455. The Balaban J connectivity index is 2.38. The summed E-state index contributed by atoms with van der Waals surface area (Å²) in [6.07, 6.45) is 4.21. The third kappa shape index (κ3) is 4.83. The van der Waals surface area contributed by atoms with Crippen LogP contribution >= 0.6 is 11.8 Å². The average Bonchev–Trinajstić information content (AvgIpc) is 2.28. The van der Waals surface area contributed by atoms with Crippen LogP contribution in [0.15, 0.2) is 29.8 Å². The molecule has 1 heterocycles. The molecule has 1 aromatic rings. The maximum atomic E-state index is 4.10. The fourth-order valence-corrected chi connectivity index (χ4v) is 1.58. The highest BCUT2D eigenvalue weighted by molar-refractivity contribution is 7.99. The maximum Gasteiger partial charge on any atom is 0.148 e. The number of thioether (sulfide) groups is 1. The quantitative estimate of drug-likeness (QED) is 0.438. The Morgan fingerprint density at radius 3 is 2.93 bits per heavy atom. The van der Waals surface area contributed by atoms with Gasteiger partial charge in [0.15, 0.2) is 0 Å². The molecule has 82 valence electrons. The molecule has 15 heavy (non-hydrogen) atoms. The Morgan fingerprint density at radius 1 is 1.47 bits per heavy atom. The SMILES string of the molecule is C=CCSc1ccc(NCCCC)nn1. The molecule has 0 bridgehead atoms. The van der Waals surface area contributed by atoms with Crippen LogP contribution in [0.25, 0.3) is 0 Å². The summed E-state index contributed by atoms with van der Waals surface area (Å²) < 4.78 is 0. The van der Waals surface area contributed by atoms with Gasteiger partial charge in [-0.1, -0.05) is 19.4 Å².